The molecule has 2 heterocycles. The number of thiazole rings is 1. The van der Waals surface area contributed by atoms with E-state index in [-0.39, 0.29) is 0 Å². The Morgan fingerprint density at radius 3 is 3.00 bits per heavy atom. The largest absolute Gasteiger partial charge is 0.384 e. The normalized spacial score (nSPS) is 10.3. The van der Waals surface area contributed by atoms with Gasteiger partial charge < -0.3 is 11.1 Å². The van der Waals surface area contributed by atoms with Gasteiger partial charge in [-0.15, -0.1) is 11.3 Å². The predicted molar refractivity (Wildman–Crippen MR) is 65.3 cm³/mol. The highest BCUT2D eigenvalue weighted by atomic mass is 32.1. The van der Waals surface area contributed by atoms with Gasteiger partial charge in [-0.3, -0.25) is 0 Å². The first kappa shape index (κ1) is 10.8. The molecular weight excluding hydrogens is 222 g/mol. The van der Waals surface area contributed by atoms with Crippen molar-refractivity contribution in [2.75, 3.05) is 11.1 Å². The van der Waals surface area contributed by atoms with E-state index in [4.69, 9.17) is 5.73 Å². The minimum Gasteiger partial charge on any atom is -0.384 e. The van der Waals surface area contributed by atoms with E-state index in [1.807, 2.05) is 17.8 Å². The van der Waals surface area contributed by atoms with E-state index >= 15 is 0 Å². The molecule has 0 atom stereocenters. The molecule has 0 radical (unpaired) electrons. The highest BCUT2D eigenvalue weighted by Gasteiger charge is 2.01. The SMILES string of the molecule is CCc1nc(N)cc(NCc2cscn2)n1. The Morgan fingerprint density at radius 1 is 1.44 bits per heavy atom. The van der Waals surface area contributed by atoms with E-state index in [0.717, 1.165) is 23.8 Å². The van der Waals surface area contributed by atoms with Crippen LogP contribution in [0.5, 0.6) is 0 Å². The summed E-state index contributed by atoms with van der Waals surface area (Å²) in [5, 5.41) is 5.17. The summed E-state index contributed by atoms with van der Waals surface area (Å²) in [6, 6.07) is 1.73. The van der Waals surface area contributed by atoms with Gasteiger partial charge in [0, 0.05) is 17.9 Å². The summed E-state index contributed by atoms with van der Waals surface area (Å²) in [5.41, 5.74) is 8.49. The van der Waals surface area contributed by atoms with Crippen molar-refractivity contribution < 1.29 is 0 Å². The van der Waals surface area contributed by atoms with E-state index in [2.05, 4.69) is 20.3 Å². The number of aromatic nitrogens is 3. The zero-order chi connectivity index (χ0) is 11.4. The van der Waals surface area contributed by atoms with Crippen LogP contribution in [0.15, 0.2) is 17.0 Å². The zero-order valence-electron chi connectivity index (χ0n) is 8.97. The summed E-state index contributed by atoms with van der Waals surface area (Å²) in [5.74, 6) is 1.99. The van der Waals surface area contributed by atoms with Crippen molar-refractivity contribution in [3.63, 3.8) is 0 Å². The van der Waals surface area contributed by atoms with Gasteiger partial charge in [-0.25, -0.2) is 15.0 Å². The van der Waals surface area contributed by atoms with E-state index in [9.17, 15) is 0 Å². The summed E-state index contributed by atoms with van der Waals surface area (Å²) >= 11 is 1.58. The third kappa shape index (κ3) is 2.66. The number of nitrogens with one attached hydrogen (secondary N) is 1. The van der Waals surface area contributed by atoms with Crippen molar-refractivity contribution >= 4 is 23.0 Å². The van der Waals surface area contributed by atoms with Crippen molar-refractivity contribution in [1.82, 2.24) is 15.0 Å². The molecule has 0 saturated heterocycles. The highest BCUT2D eigenvalue weighted by molar-refractivity contribution is 7.07. The molecule has 2 rings (SSSR count). The van der Waals surface area contributed by atoms with E-state index in [0.29, 0.717) is 12.4 Å². The summed E-state index contributed by atoms with van der Waals surface area (Å²) in [4.78, 5) is 12.6. The molecule has 5 nitrogen and oxygen atoms in total. The number of hydrogen-bond donors (Lipinski definition) is 2. The van der Waals surface area contributed by atoms with Gasteiger partial charge in [-0.05, 0) is 0 Å². The standard InChI is InChI=1S/C10H13N5S/c1-2-9-14-8(11)3-10(15-9)12-4-7-5-16-6-13-7/h3,5-6H,2,4H2,1H3,(H3,11,12,14,15). The van der Waals surface area contributed by atoms with Crippen LogP contribution in [0, 0.1) is 0 Å². The molecule has 0 aliphatic carbocycles. The monoisotopic (exact) mass is 235 g/mol. The molecule has 3 N–H and O–H groups in total. The number of anilines is 2. The van der Waals surface area contributed by atoms with Crippen molar-refractivity contribution in [2.45, 2.75) is 19.9 Å². The van der Waals surface area contributed by atoms with Gasteiger partial charge in [0.25, 0.3) is 0 Å². The smallest absolute Gasteiger partial charge is 0.132 e. The van der Waals surface area contributed by atoms with Crippen LogP contribution < -0.4 is 11.1 Å². The maximum absolute atomic E-state index is 5.68. The second kappa shape index (κ2) is 4.89. The molecule has 0 saturated carbocycles. The summed E-state index contributed by atoms with van der Waals surface area (Å²) in [6.45, 7) is 2.65. The molecule has 0 aromatic carbocycles. The number of nitrogens with two attached hydrogens (primary N) is 1. The lowest BCUT2D eigenvalue weighted by atomic mass is 10.4. The van der Waals surface area contributed by atoms with Crippen LogP contribution in [0.25, 0.3) is 0 Å². The Labute approximate surface area is 97.8 Å². The molecular formula is C10H13N5S. The lowest BCUT2D eigenvalue weighted by Crippen LogP contribution is -2.06. The van der Waals surface area contributed by atoms with Crippen LogP contribution in [0.2, 0.25) is 0 Å². The van der Waals surface area contributed by atoms with E-state index < -0.39 is 0 Å². The number of nitrogens with zero attached hydrogens (tertiary/aromatic N) is 3. The van der Waals surface area contributed by atoms with Crippen LogP contribution in [0.3, 0.4) is 0 Å². The topological polar surface area (TPSA) is 76.7 Å². The van der Waals surface area contributed by atoms with Gasteiger partial charge in [0.1, 0.15) is 17.5 Å². The molecule has 0 bridgehead atoms. The molecule has 0 aliphatic rings. The minimum atomic E-state index is 0.493. The number of hydrogen-bond acceptors (Lipinski definition) is 6. The fraction of sp³-hybridized carbons (Fsp3) is 0.300. The number of rotatable bonds is 4. The molecule has 6 heteroatoms. The van der Waals surface area contributed by atoms with Crippen molar-refractivity contribution in [1.29, 1.82) is 0 Å². The molecule has 0 spiro atoms. The van der Waals surface area contributed by atoms with Crippen LogP contribution in [-0.4, -0.2) is 15.0 Å². The Balaban J connectivity index is 2.06. The van der Waals surface area contributed by atoms with Crippen LogP contribution in [0.1, 0.15) is 18.4 Å². The predicted octanol–water partition coefficient (Wildman–Crippen LogP) is 1.69. The Hall–Kier alpha value is -1.69. The third-order valence-corrected chi connectivity index (χ3v) is 2.68. The molecule has 0 aliphatic heterocycles. The fourth-order valence-electron chi connectivity index (χ4n) is 1.27. The maximum Gasteiger partial charge on any atom is 0.132 e. The zero-order valence-corrected chi connectivity index (χ0v) is 9.79. The van der Waals surface area contributed by atoms with Crippen LogP contribution in [-0.2, 0) is 13.0 Å². The molecule has 0 unspecified atom stereocenters. The summed E-state index contributed by atoms with van der Waals surface area (Å²) in [7, 11) is 0. The average molecular weight is 235 g/mol. The molecule has 2 aromatic rings. The van der Waals surface area contributed by atoms with Gasteiger partial charge >= 0.3 is 0 Å². The molecule has 16 heavy (non-hydrogen) atoms. The first-order valence-electron chi connectivity index (χ1n) is 5.02. The lowest BCUT2D eigenvalue weighted by Gasteiger charge is -2.06. The molecule has 0 fully saturated rings. The summed E-state index contributed by atoms with van der Waals surface area (Å²) < 4.78 is 0. The van der Waals surface area contributed by atoms with Crippen LogP contribution >= 0.6 is 11.3 Å². The first-order chi connectivity index (χ1) is 7.78. The first-order valence-corrected chi connectivity index (χ1v) is 5.96. The highest BCUT2D eigenvalue weighted by Crippen LogP contribution is 2.10. The molecule has 84 valence electrons. The van der Waals surface area contributed by atoms with Crippen molar-refractivity contribution in [3.05, 3.63) is 28.5 Å². The minimum absolute atomic E-state index is 0.493. The fourth-order valence-corrected chi connectivity index (χ4v) is 1.83. The number of nitrogen functional groups attached to an aromatic ring is 1. The molecule has 2 aromatic heterocycles. The second-order valence-electron chi connectivity index (χ2n) is 3.28. The average Bonchev–Trinajstić information content (AvgIpc) is 2.78. The lowest BCUT2D eigenvalue weighted by molar-refractivity contribution is 0.934. The Bertz CT molecular complexity index is 454. The maximum atomic E-state index is 5.68. The quantitative estimate of drug-likeness (QED) is 0.843. The van der Waals surface area contributed by atoms with Gasteiger partial charge in [0.15, 0.2) is 0 Å². The van der Waals surface area contributed by atoms with Gasteiger partial charge in [0.2, 0.25) is 0 Å². The van der Waals surface area contributed by atoms with E-state index in [1.165, 1.54) is 0 Å². The van der Waals surface area contributed by atoms with Crippen LogP contribution in [0.4, 0.5) is 11.6 Å². The molecule has 0 amide bonds. The third-order valence-electron chi connectivity index (χ3n) is 2.04. The van der Waals surface area contributed by atoms with Crippen molar-refractivity contribution in [3.8, 4) is 0 Å². The summed E-state index contributed by atoms with van der Waals surface area (Å²) in [6.07, 6.45) is 0.774. The van der Waals surface area contributed by atoms with Crippen molar-refractivity contribution in [2.24, 2.45) is 0 Å². The second-order valence-corrected chi connectivity index (χ2v) is 4.00. The Kier molecular flexibility index (Phi) is 3.31. The van der Waals surface area contributed by atoms with Gasteiger partial charge in [-0.2, -0.15) is 0 Å². The van der Waals surface area contributed by atoms with E-state index in [1.54, 1.807) is 17.4 Å². The van der Waals surface area contributed by atoms with Gasteiger partial charge in [-0.1, -0.05) is 6.92 Å². The van der Waals surface area contributed by atoms with Gasteiger partial charge in [0.05, 0.1) is 17.7 Å². The number of aryl methyl sites for hydroxylation is 1. The Morgan fingerprint density at radius 2 is 2.31 bits per heavy atom.